The van der Waals surface area contributed by atoms with E-state index in [4.69, 9.17) is 5.11 Å². The number of aryl methyl sites for hydroxylation is 1. The summed E-state index contributed by atoms with van der Waals surface area (Å²) in [4.78, 5) is 14.4. The van der Waals surface area contributed by atoms with Gasteiger partial charge in [-0.1, -0.05) is 6.07 Å². The Labute approximate surface area is 127 Å². The summed E-state index contributed by atoms with van der Waals surface area (Å²) in [5.41, 5.74) is 0.464. The number of nitrogens with zero attached hydrogens (tertiary/aromatic N) is 4. The zero-order chi connectivity index (χ0) is 15.7. The highest BCUT2D eigenvalue weighted by Gasteiger charge is 2.33. The first-order chi connectivity index (χ1) is 10.6. The third-order valence-corrected chi connectivity index (χ3v) is 4.03. The van der Waals surface area contributed by atoms with Gasteiger partial charge in [-0.2, -0.15) is 0 Å². The summed E-state index contributed by atoms with van der Waals surface area (Å²) < 4.78 is 15.6. The number of aliphatic hydroxyl groups is 1. The lowest BCUT2D eigenvalue weighted by Gasteiger charge is -2.24. The van der Waals surface area contributed by atoms with Crippen LogP contribution in [0.1, 0.15) is 40.6 Å². The van der Waals surface area contributed by atoms with Crippen molar-refractivity contribution in [1.82, 2.24) is 19.7 Å². The molecule has 116 valence electrons. The zero-order valence-corrected chi connectivity index (χ0v) is 12.2. The molecule has 1 aliphatic rings. The molecule has 0 aliphatic carbocycles. The number of hydrogen-bond acceptors (Lipinski definition) is 4. The van der Waals surface area contributed by atoms with E-state index in [0.717, 1.165) is 18.7 Å². The number of benzene rings is 1. The molecule has 1 fully saturated rings. The Morgan fingerprint density at radius 1 is 1.50 bits per heavy atom. The standard InChI is InChI=1S/C15H17FN4O2/c1-19-9-17-18-14(19)13-3-2-6-20(13)15(22)10-4-5-11(8-21)12(16)7-10/h4-5,7,9,13,21H,2-3,6,8H2,1H3. The Bertz CT molecular complexity index is 701. The quantitative estimate of drug-likeness (QED) is 0.931. The van der Waals surface area contributed by atoms with Crippen molar-refractivity contribution in [2.45, 2.75) is 25.5 Å². The Hall–Kier alpha value is -2.28. The van der Waals surface area contributed by atoms with Gasteiger partial charge in [-0.15, -0.1) is 10.2 Å². The molecule has 6 nitrogen and oxygen atoms in total. The molecule has 1 N–H and O–H groups in total. The van der Waals surface area contributed by atoms with E-state index in [-0.39, 0.29) is 29.7 Å². The van der Waals surface area contributed by atoms with E-state index in [2.05, 4.69) is 10.2 Å². The van der Waals surface area contributed by atoms with Crippen LogP contribution in [0.5, 0.6) is 0 Å². The van der Waals surface area contributed by atoms with E-state index < -0.39 is 5.82 Å². The Morgan fingerprint density at radius 2 is 2.32 bits per heavy atom. The number of likely N-dealkylation sites (tertiary alicyclic amines) is 1. The van der Waals surface area contributed by atoms with Gasteiger partial charge < -0.3 is 14.6 Å². The van der Waals surface area contributed by atoms with Gasteiger partial charge in [-0.3, -0.25) is 4.79 Å². The molecule has 7 heteroatoms. The average molecular weight is 304 g/mol. The first-order valence-electron chi connectivity index (χ1n) is 7.16. The van der Waals surface area contributed by atoms with Crippen molar-refractivity contribution in [2.24, 2.45) is 7.05 Å². The van der Waals surface area contributed by atoms with Crippen LogP contribution in [0.15, 0.2) is 24.5 Å². The summed E-state index contributed by atoms with van der Waals surface area (Å²) in [7, 11) is 1.84. The zero-order valence-electron chi connectivity index (χ0n) is 12.2. The summed E-state index contributed by atoms with van der Waals surface area (Å²) in [6.07, 6.45) is 3.29. The predicted octanol–water partition coefficient (Wildman–Crippen LogP) is 1.42. The van der Waals surface area contributed by atoms with Crippen molar-refractivity contribution in [1.29, 1.82) is 0 Å². The number of carbonyl (C=O) groups excluding carboxylic acids is 1. The largest absolute Gasteiger partial charge is 0.392 e. The summed E-state index contributed by atoms with van der Waals surface area (Å²) in [5.74, 6) is -0.0602. The summed E-state index contributed by atoms with van der Waals surface area (Å²) in [5, 5.41) is 16.9. The third-order valence-electron chi connectivity index (χ3n) is 4.03. The molecule has 1 atom stereocenters. The van der Waals surface area contributed by atoms with Gasteiger partial charge in [-0.05, 0) is 25.0 Å². The Balaban J connectivity index is 1.88. The summed E-state index contributed by atoms with van der Waals surface area (Å²) in [6, 6.07) is 4.03. The van der Waals surface area contributed by atoms with Crippen molar-refractivity contribution < 1.29 is 14.3 Å². The van der Waals surface area contributed by atoms with Crippen molar-refractivity contribution in [3.05, 3.63) is 47.3 Å². The molecule has 1 aliphatic heterocycles. The van der Waals surface area contributed by atoms with Crippen LogP contribution in [0, 0.1) is 5.82 Å². The third kappa shape index (κ3) is 2.48. The molecule has 3 rings (SSSR count). The van der Waals surface area contributed by atoms with Gasteiger partial charge in [-0.25, -0.2) is 4.39 Å². The van der Waals surface area contributed by atoms with Gasteiger partial charge >= 0.3 is 0 Å². The van der Waals surface area contributed by atoms with Crippen molar-refractivity contribution in [3.63, 3.8) is 0 Å². The molecule has 0 spiro atoms. The van der Waals surface area contributed by atoms with Crippen LogP contribution < -0.4 is 0 Å². The van der Waals surface area contributed by atoms with Gasteiger partial charge in [0.15, 0.2) is 5.82 Å². The molecule has 1 unspecified atom stereocenters. The van der Waals surface area contributed by atoms with Crippen LogP contribution in [-0.4, -0.2) is 37.2 Å². The topological polar surface area (TPSA) is 71.2 Å². The van der Waals surface area contributed by atoms with E-state index >= 15 is 0 Å². The number of halogens is 1. The Morgan fingerprint density at radius 3 is 2.95 bits per heavy atom. The second-order valence-corrected chi connectivity index (χ2v) is 5.42. The van der Waals surface area contributed by atoms with E-state index in [9.17, 15) is 9.18 Å². The molecule has 2 aromatic rings. The molecule has 0 saturated carbocycles. The normalized spacial score (nSPS) is 18.0. The number of hydrogen-bond donors (Lipinski definition) is 1. The molecule has 0 radical (unpaired) electrons. The second kappa shape index (κ2) is 5.84. The fourth-order valence-corrected chi connectivity index (χ4v) is 2.85. The van der Waals surface area contributed by atoms with E-state index in [0.29, 0.717) is 6.54 Å². The van der Waals surface area contributed by atoms with Gasteiger partial charge in [0.1, 0.15) is 12.1 Å². The molecular formula is C15H17FN4O2. The SMILES string of the molecule is Cn1cnnc1C1CCCN1C(=O)c1ccc(CO)c(F)c1. The highest BCUT2D eigenvalue weighted by atomic mass is 19.1. The van der Waals surface area contributed by atoms with Crippen LogP contribution >= 0.6 is 0 Å². The number of aromatic nitrogens is 3. The second-order valence-electron chi connectivity index (χ2n) is 5.42. The van der Waals surface area contributed by atoms with Crippen LogP contribution in [0.2, 0.25) is 0 Å². The molecule has 1 aromatic carbocycles. The molecular weight excluding hydrogens is 287 g/mol. The van der Waals surface area contributed by atoms with E-state index in [1.54, 1.807) is 21.9 Å². The monoisotopic (exact) mass is 304 g/mol. The highest BCUT2D eigenvalue weighted by molar-refractivity contribution is 5.94. The maximum atomic E-state index is 13.8. The first kappa shape index (κ1) is 14.6. The maximum Gasteiger partial charge on any atom is 0.254 e. The average Bonchev–Trinajstić information content (AvgIpc) is 3.14. The van der Waals surface area contributed by atoms with E-state index in [1.807, 2.05) is 7.05 Å². The first-order valence-corrected chi connectivity index (χ1v) is 7.16. The van der Waals surface area contributed by atoms with Gasteiger partial charge in [0, 0.05) is 24.7 Å². The van der Waals surface area contributed by atoms with Crippen LogP contribution in [0.3, 0.4) is 0 Å². The predicted molar refractivity (Wildman–Crippen MR) is 76.3 cm³/mol. The lowest BCUT2D eigenvalue weighted by molar-refractivity contribution is 0.0727. The number of carbonyl (C=O) groups is 1. The minimum Gasteiger partial charge on any atom is -0.392 e. The Kier molecular flexibility index (Phi) is 3.89. The number of rotatable bonds is 3. The lowest BCUT2D eigenvalue weighted by Crippen LogP contribution is -2.32. The van der Waals surface area contributed by atoms with Crippen LogP contribution in [0.25, 0.3) is 0 Å². The van der Waals surface area contributed by atoms with Crippen molar-refractivity contribution in [3.8, 4) is 0 Å². The van der Waals surface area contributed by atoms with Crippen LogP contribution in [-0.2, 0) is 13.7 Å². The number of amides is 1. The minimum atomic E-state index is -0.567. The summed E-state index contributed by atoms with van der Waals surface area (Å²) in [6.45, 7) is 0.227. The van der Waals surface area contributed by atoms with Gasteiger partial charge in [0.2, 0.25) is 0 Å². The van der Waals surface area contributed by atoms with Crippen molar-refractivity contribution >= 4 is 5.91 Å². The minimum absolute atomic E-state index is 0.138. The van der Waals surface area contributed by atoms with Gasteiger partial charge in [0.25, 0.3) is 5.91 Å². The van der Waals surface area contributed by atoms with Crippen LogP contribution in [0.4, 0.5) is 4.39 Å². The molecule has 0 bridgehead atoms. The molecule has 22 heavy (non-hydrogen) atoms. The molecule has 1 amide bonds. The van der Waals surface area contributed by atoms with Crippen molar-refractivity contribution in [2.75, 3.05) is 6.54 Å². The fraction of sp³-hybridized carbons (Fsp3) is 0.400. The molecule has 2 heterocycles. The number of aliphatic hydroxyl groups excluding tert-OH is 1. The smallest absolute Gasteiger partial charge is 0.254 e. The van der Waals surface area contributed by atoms with E-state index in [1.165, 1.54) is 12.1 Å². The summed E-state index contributed by atoms with van der Waals surface area (Å²) >= 11 is 0. The highest BCUT2D eigenvalue weighted by Crippen LogP contribution is 2.31. The molecule has 1 saturated heterocycles. The maximum absolute atomic E-state index is 13.8. The fourth-order valence-electron chi connectivity index (χ4n) is 2.85. The lowest BCUT2D eigenvalue weighted by atomic mass is 10.1. The van der Waals surface area contributed by atoms with Gasteiger partial charge in [0.05, 0.1) is 12.6 Å². The molecule has 1 aromatic heterocycles.